The predicted molar refractivity (Wildman–Crippen MR) is 118 cm³/mol. The van der Waals surface area contributed by atoms with Crippen LogP contribution in [0.25, 0.3) is 21.0 Å². The van der Waals surface area contributed by atoms with Crippen molar-refractivity contribution >= 4 is 23.1 Å². The molecule has 4 rings (SSSR count). The Bertz CT molecular complexity index is 1010. The van der Waals surface area contributed by atoms with Crippen LogP contribution in [0, 0.1) is 6.92 Å². The summed E-state index contributed by atoms with van der Waals surface area (Å²) in [5.41, 5.74) is 9.25. The maximum atomic E-state index is 11.5. The van der Waals surface area contributed by atoms with Gasteiger partial charge in [-0.25, -0.2) is 14.8 Å². The molecule has 0 aliphatic carbocycles. The van der Waals surface area contributed by atoms with Gasteiger partial charge in [0.15, 0.2) is 0 Å². The van der Waals surface area contributed by atoms with Crippen molar-refractivity contribution in [3.63, 3.8) is 0 Å². The largest absolute Gasteiger partial charge is 0.351 e. The first-order valence-electron chi connectivity index (χ1n) is 9.83. The predicted octanol–water partition coefficient (Wildman–Crippen LogP) is 4.66. The zero-order valence-corrected chi connectivity index (χ0v) is 17.5. The molecular weight excluding hydrogens is 382 g/mol. The Balaban J connectivity index is 1.61. The fourth-order valence-corrected chi connectivity index (χ4v) is 4.86. The fraction of sp³-hybridized carbons (Fsp3) is 0.318. The summed E-state index contributed by atoms with van der Waals surface area (Å²) in [6.07, 6.45) is 4.29. The van der Waals surface area contributed by atoms with Crippen molar-refractivity contribution in [1.82, 2.24) is 14.9 Å². The smallest absolute Gasteiger partial charge is 0.316 e. The van der Waals surface area contributed by atoms with Crippen LogP contribution in [0.15, 0.2) is 42.6 Å². The minimum atomic E-state index is -0.587. The number of carbonyl (C=O) groups is 1. The monoisotopic (exact) mass is 407 g/mol. The molecule has 29 heavy (non-hydrogen) atoms. The molecule has 1 aliphatic heterocycles. The Morgan fingerprint density at radius 2 is 2.10 bits per heavy atom. The van der Waals surface area contributed by atoms with E-state index in [0.29, 0.717) is 17.6 Å². The van der Waals surface area contributed by atoms with Crippen molar-refractivity contribution in [2.75, 3.05) is 11.9 Å². The number of hydrogen-bond donors (Lipinski definition) is 2. The maximum absolute atomic E-state index is 11.5. The van der Waals surface area contributed by atoms with Crippen molar-refractivity contribution < 1.29 is 4.79 Å². The SMILES string of the molecule is Cc1nccc(-c2sc(-c3ccc(CN4CCC[C@H]4C)cc3)cc2NC(N)=O)n1. The highest BCUT2D eigenvalue weighted by Gasteiger charge is 2.20. The number of carbonyl (C=O) groups excluding carboxylic acids is 1. The molecule has 1 aliphatic rings. The molecule has 150 valence electrons. The van der Waals surface area contributed by atoms with Crippen LogP contribution < -0.4 is 11.1 Å². The van der Waals surface area contributed by atoms with Gasteiger partial charge in [-0.3, -0.25) is 4.90 Å². The van der Waals surface area contributed by atoms with Crippen LogP contribution in [-0.2, 0) is 6.54 Å². The highest BCUT2D eigenvalue weighted by molar-refractivity contribution is 7.19. The third kappa shape index (κ3) is 4.46. The van der Waals surface area contributed by atoms with E-state index in [4.69, 9.17) is 5.73 Å². The summed E-state index contributed by atoms with van der Waals surface area (Å²) in [5.74, 6) is 0.683. The highest BCUT2D eigenvalue weighted by atomic mass is 32.1. The van der Waals surface area contributed by atoms with Crippen LogP contribution in [0.2, 0.25) is 0 Å². The average Bonchev–Trinajstić information content (AvgIpc) is 3.28. The van der Waals surface area contributed by atoms with E-state index in [0.717, 1.165) is 27.6 Å². The number of thiophene rings is 1. The second kappa shape index (κ2) is 8.31. The lowest BCUT2D eigenvalue weighted by atomic mass is 10.1. The number of benzene rings is 1. The summed E-state index contributed by atoms with van der Waals surface area (Å²) >= 11 is 1.58. The minimum Gasteiger partial charge on any atom is -0.351 e. The number of primary amides is 1. The number of urea groups is 1. The summed E-state index contributed by atoms with van der Waals surface area (Å²) in [4.78, 5) is 24.6. The number of hydrogen-bond acceptors (Lipinski definition) is 5. The van der Waals surface area contributed by atoms with Crippen LogP contribution in [0.3, 0.4) is 0 Å². The fourth-order valence-electron chi connectivity index (χ4n) is 3.77. The Morgan fingerprint density at radius 1 is 1.31 bits per heavy atom. The van der Waals surface area contributed by atoms with E-state index in [2.05, 4.69) is 51.4 Å². The van der Waals surface area contributed by atoms with Crippen LogP contribution in [-0.4, -0.2) is 33.5 Å². The number of aryl methyl sites for hydroxylation is 1. The second-order valence-corrected chi connectivity index (χ2v) is 8.54. The van der Waals surface area contributed by atoms with Crippen LogP contribution in [0.1, 0.15) is 31.2 Å². The van der Waals surface area contributed by atoms with Gasteiger partial charge in [0.25, 0.3) is 0 Å². The van der Waals surface area contributed by atoms with E-state index in [1.54, 1.807) is 17.5 Å². The van der Waals surface area contributed by atoms with Gasteiger partial charge in [-0.1, -0.05) is 24.3 Å². The van der Waals surface area contributed by atoms with E-state index >= 15 is 0 Å². The van der Waals surface area contributed by atoms with Gasteiger partial charge >= 0.3 is 6.03 Å². The molecule has 3 aromatic rings. The molecule has 1 fully saturated rings. The Kier molecular flexibility index (Phi) is 5.60. The second-order valence-electron chi connectivity index (χ2n) is 7.49. The quantitative estimate of drug-likeness (QED) is 0.644. The minimum absolute atomic E-state index is 0.587. The van der Waals surface area contributed by atoms with Gasteiger partial charge in [-0.15, -0.1) is 11.3 Å². The highest BCUT2D eigenvalue weighted by Crippen LogP contribution is 2.40. The van der Waals surface area contributed by atoms with Gasteiger partial charge in [0, 0.05) is 23.7 Å². The molecule has 0 unspecified atom stereocenters. The maximum Gasteiger partial charge on any atom is 0.316 e. The van der Waals surface area contributed by atoms with E-state index in [9.17, 15) is 4.79 Å². The molecule has 3 N–H and O–H groups in total. The normalized spacial score (nSPS) is 16.8. The van der Waals surface area contributed by atoms with Gasteiger partial charge in [-0.2, -0.15) is 0 Å². The molecule has 2 aromatic heterocycles. The van der Waals surface area contributed by atoms with Gasteiger partial charge in [0.1, 0.15) is 5.82 Å². The third-order valence-electron chi connectivity index (χ3n) is 5.31. The molecule has 3 heterocycles. The van der Waals surface area contributed by atoms with Crippen LogP contribution >= 0.6 is 11.3 Å². The molecule has 1 atom stereocenters. The summed E-state index contributed by atoms with van der Waals surface area (Å²) < 4.78 is 0. The molecule has 0 radical (unpaired) electrons. The van der Waals surface area contributed by atoms with E-state index in [1.807, 2.05) is 19.1 Å². The molecule has 1 saturated heterocycles. The Labute approximate surface area is 174 Å². The van der Waals surface area contributed by atoms with Crippen molar-refractivity contribution in [2.24, 2.45) is 5.73 Å². The molecule has 0 bridgehead atoms. The number of nitrogens with zero attached hydrogens (tertiary/aromatic N) is 3. The Hall–Kier alpha value is -2.77. The molecular formula is C22H25N5OS. The molecule has 6 nitrogen and oxygen atoms in total. The first kappa shape index (κ1) is 19.5. The number of rotatable bonds is 5. The summed E-state index contributed by atoms with van der Waals surface area (Å²) in [5, 5.41) is 2.73. The standard InChI is InChI=1S/C22H25N5OS/c1-14-4-3-11-27(14)13-16-5-7-17(8-6-16)20-12-19(26-22(23)28)21(29-20)18-9-10-24-15(2)25-18/h5-10,12,14H,3-4,11,13H2,1-2H3,(H3,23,26,28)/t14-/m1/s1. The van der Waals surface area contributed by atoms with Crippen molar-refractivity contribution in [3.8, 4) is 21.0 Å². The van der Waals surface area contributed by atoms with Crippen molar-refractivity contribution in [2.45, 2.75) is 39.3 Å². The Morgan fingerprint density at radius 3 is 2.76 bits per heavy atom. The number of likely N-dealkylation sites (tertiary alicyclic amines) is 1. The number of aromatic nitrogens is 2. The summed E-state index contributed by atoms with van der Waals surface area (Å²) in [7, 11) is 0. The summed E-state index contributed by atoms with van der Waals surface area (Å²) in [6.45, 7) is 6.32. The number of amides is 2. The lowest BCUT2D eigenvalue weighted by Crippen LogP contribution is -2.26. The van der Waals surface area contributed by atoms with Gasteiger partial charge in [0.05, 0.1) is 16.3 Å². The van der Waals surface area contributed by atoms with Crippen LogP contribution in [0.4, 0.5) is 10.5 Å². The molecule has 0 saturated carbocycles. The van der Waals surface area contributed by atoms with E-state index < -0.39 is 6.03 Å². The van der Waals surface area contributed by atoms with Gasteiger partial charge in [-0.05, 0) is 56.5 Å². The van der Waals surface area contributed by atoms with E-state index in [1.165, 1.54) is 24.9 Å². The molecule has 2 amide bonds. The van der Waals surface area contributed by atoms with E-state index in [-0.39, 0.29) is 0 Å². The first-order valence-corrected chi connectivity index (χ1v) is 10.6. The third-order valence-corrected chi connectivity index (χ3v) is 6.52. The number of anilines is 1. The lowest BCUT2D eigenvalue weighted by Gasteiger charge is -2.20. The lowest BCUT2D eigenvalue weighted by molar-refractivity contribution is 0.259. The zero-order valence-electron chi connectivity index (χ0n) is 16.7. The van der Waals surface area contributed by atoms with Gasteiger partial charge in [0.2, 0.25) is 0 Å². The average molecular weight is 408 g/mol. The van der Waals surface area contributed by atoms with Crippen LogP contribution in [0.5, 0.6) is 0 Å². The zero-order chi connectivity index (χ0) is 20.4. The number of nitrogens with one attached hydrogen (secondary N) is 1. The molecule has 1 aromatic carbocycles. The van der Waals surface area contributed by atoms with Crippen molar-refractivity contribution in [1.29, 1.82) is 0 Å². The topological polar surface area (TPSA) is 84.1 Å². The summed E-state index contributed by atoms with van der Waals surface area (Å²) in [6, 6.07) is 12.5. The van der Waals surface area contributed by atoms with Crippen molar-refractivity contribution in [3.05, 3.63) is 54.0 Å². The molecule has 0 spiro atoms. The number of nitrogens with two attached hydrogens (primary N) is 1. The molecule has 7 heteroatoms. The first-order chi connectivity index (χ1) is 14.0. The van der Waals surface area contributed by atoms with Gasteiger partial charge < -0.3 is 11.1 Å².